The fourth-order valence-corrected chi connectivity index (χ4v) is 3.63. The minimum absolute atomic E-state index is 0.0254. The number of anilines is 1. The normalized spacial score (nSPS) is 14.8. The van der Waals surface area contributed by atoms with E-state index in [1.165, 1.54) is 0 Å². The van der Waals surface area contributed by atoms with Crippen LogP contribution >= 0.6 is 0 Å². The van der Waals surface area contributed by atoms with Gasteiger partial charge in [-0.3, -0.25) is 9.36 Å². The second-order valence-corrected chi connectivity index (χ2v) is 6.82. The van der Waals surface area contributed by atoms with Crippen LogP contribution in [0.2, 0.25) is 0 Å². The molecule has 1 aromatic heterocycles. The fourth-order valence-electron chi connectivity index (χ4n) is 3.63. The second kappa shape index (κ2) is 7.72. The monoisotopic (exact) mass is 378 g/mol. The van der Waals surface area contributed by atoms with Gasteiger partial charge in [-0.1, -0.05) is 24.3 Å². The van der Waals surface area contributed by atoms with E-state index in [0.717, 1.165) is 0 Å². The van der Waals surface area contributed by atoms with Gasteiger partial charge in [0.2, 0.25) is 0 Å². The van der Waals surface area contributed by atoms with E-state index in [9.17, 15) is 9.59 Å². The fraction of sp³-hybridized carbons (Fsp3) is 0.286. The van der Waals surface area contributed by atoms with E-state index in [1.807, 2.05) is 36.4 Å². The first-order chi connectivity index (χ1) is 13.7. The number of ether oxygens (including phenoxy) is 1. The Bertz CT molecular complexity index is 1050. The molecule has 2 amide bonds. The number of methoxy groups -OCH3 is 1. The number of rotatable bonds is 3. The van der Waals surface area contributed by atoms with E-state index in [0.29, 0.717) is 48.3 Å². The van der Waals surface area contributed by atoms with Crippen LogP contribution in [0.5, 0.6) is 5.75 Å². The van der Waals surface area contributed by atoms with Gasteiger partial charge in [-0.15, -0.1) is 0 Å². The van der Waals surface area contributed by atoms with E-state index in [1.54, 1.807) is 35.0 Å². The molecule has 2 aromatic carbocycles. The molecule has 3 aromatic rings. The average molecular weight is 378 g/mol. The maximum Gasteiger partial charge on any atom is 0.321 e. The molecule has 2 heterocycles. The minimum atomic E-state index is -0.160. The Kier molecular flexibility index (Phi) is 4.97. The standard InChI is InChI=1S/C21H22N4O3/c1-28-19-9-5-4-8-18(19)23-21(27)24-12-10-15(11-13-24)25-14-22-17-7-3-2-6-16(17)20(25)26/h2-9,14-15H,10-13H2,1H3,(H,23,27). The van der Waals surface area contributed by atoms with Gasteiger partial charge in [-0.05, 0) is 37.1 Å². The topological polar surface area (TPSA) is 76.5 Å². The molecular formula is C21H22N4O3. The number of nitrogens with zero attached hydrogens (tertiary/aromatic N) is 3. The summed E-state index contributed by atoms with van der Waals surface area (Å²) < 4.78 is 6.98. The Labute approximate surface area is 162 Å². The number of amides is 2. The van der Waals surface area contributed by atoms with E-state index < -0.39 is 0 Å². The summed E-state index contributed by atoms with van der Waals surface area (Å²) in [4.78, 5) is 31.5. The van der Waals surface area contributed by atoms with Crippen LogP contribution in [0, 0.1) is 0 Å². The number of para-hydroxylation sites is 3. The van der Waals surface area contributed by atoms with Crippen LogP contribution in [0.4, 0.5) is 10.5 Å². The Morgan fingerprint density at radius 2 is 1.82 bits per heavy atom. The van der Waals surface area contributed by atoms with E-state index in [2.05, 4.69) is 10.3 Å². The van der Waals surface area contributed by atoms with Crippen molar-refractivity contribution in [2.45, 2.75) is 18.9 Å². The van der Waals surface area contributed by atoms with Crippen LogP contribution in [-0.4, -0.2) is 40.7 Å². The number of benzene rings is 2. The molecule has 0 bridgehead atoms. The maximum atomic E-state index is 12.8. The van der Waals surface area contributed by atoms with Crippen LogP contribution < -0.4 is 15.6 Å². The molecule has 1 aliphatic heterocycles. The summed E-state index contributed by atoms with van der Waals surface area (Å²) in [6.45, 7) is 1.15. The summed E-state index contributed by atoms with van der Waals surface area (Å²) in [5.41, 5.74) is 1.33. The first-order valence-electron chi connectivity index (χ1n) is 9.32. The molecule has 1 N–H and O–H groups in total. The highest BCUT2D eigenvalue weighted by Crippen LogP contribution is 2.25. The van der Waals surface area contributed by atoms with Crippen molar-refractivity contribution in [3.8, 4) is 5.75 Å². The van der Waals surface area contributed by atoms with Gasteiger partial charge in [-0.25, -0.2) is 9.78 Å². The van der Waals surface area contributed by atoms with Gasteiger partial charge in [0.25, 0.3) is 5.56 Å². The number of carbonyl (C=O) groups is 1. The quantitative estimate of drug-likeness (QED) is 0.759. The molecular weight excluding hydrogens is 356 g/mol. The third-order valence-corrected chi connectivity index (χ3v) is 5.18. The molecule has 1 saturated heterocycles. The number of piperidine rings is 1. The molecule has 7 heteroatoms. The number of aromatic nitrogens is 2. The van der Waals surface area contributed by atoms with Gasteiger partial charge in [0.05, 0.1) is 30.0 Å². The smallest absolute Gasteiger partial charge is 0.321 e. The Hall–Kier alpha value is -3.35. The van der Waals surface area contributed by atoms with Crippen molar-refractivity contribution >= 4 is 22.6 Å². The van der Waals surface area contributed by atoms with Crippen LogP contribution in [-0.2, 0) is 0 Å². The van der Waals surface area contributed by atoms with Crippen LogP contribution in [0.3, 0.4) is 0 Å². The van der Waals surface area contributed by atoms with E-state index in [-0.39, 0.29) is 17.6 Å². The predicted octanol–water partition coefficient (Wildman–Crippen LogP) is 3.27. The zero-order valence-corrected chi connectivity index (χ0v) is 15.7. The van der Waals surface area contributed by atoms with Gasteiger partial charge in [0.15, 0.2) is 0 Å². The SMILES string of the molecule is COc1ccccc1NC(=O)N1CCC(n2cnc3ccccc3c2=O)CC1. The van der Waals surface area contributed by atoms with Crippen LogP contribution in [0.1, 0.15) is 18.9 Å². The van der Waals surface area contributed by atoms with Gasteiger partial charge < -0.3 is 15.0 Å². The number of fused-ring (bicyclic) bond motifs is 1. The lowest BCUT2D eigenvalue weighted by molar-refractivity contribution is 0.182. The lowest BCUT2D eigenvalue weighted by atomic mass is 10.0. The zero-order valence-electron chi connectivity index (χ0n) is 15.7. The molecule has 28 heavy (non-hydrogen) atoms. The summed E-state index contributed by atoms with van der Waals surface area (Å²) in [7, 11) is 1.58. The molecule has 1 fully saturated rings. The van der Waals surface area contributed by atoms with Crippen molar-refractivity contribution in [3.05, 3.63) is 65.2 Å². The summed E-state index contributed by atoms with van der Waals surface area (Å²) in [5, 5.41) is 3.53. The molecule has 0 atom stereocenters. The van der Waals surface area contributed by atoms with Gasteiger partial charge in [0, 0.05) is 19.1 Å². The molecule has 0 radical (unpaired) electrons. The first kappa shape index (κ1) is 18.0. The van der Waals surface area contributed by atoms with Crippen molar-refractivity contribution in [2.24, 2.45) is 0 Å². The maximum absolute atomic E-state index is 12.8. The third-order valence-electron chi connectivity index (χ3n) is 5.18. The third kappa shape index (κ3) is 3.43. The summed E-state index contributed by atoms with van der Waals surface area (Å²) in [6.07, 6.45) is 3.04. The van der Waals surface area contributed by atoms with Crippen LogP contribution in [0.25, 0.3) is 10.9 Å². The van der Waals surface area contributed by atoms with E-state index in [4.69, 9.17) is 4.74 Å². The summed E-state index contributed by atoms with van der Waals surface area (Å²) in [6, 6.07) is 14.6. The highest BCUT2D eigenvalue weighted by molar-refractivity contribution is 5.91. The molecule has 1 aliphatic rings. The largest absolute Gasteiger partial charge is 0.495 e. The highest BCUT2D eigenvalue weighted by atomic mass is 16.5. The number of carbonyl (C=O) groups excluding carboxylic acids is 1. The molecule has 7 nitrogen and oxygen atoms in total. The van der Waals surface area contributed by atoms with Crippen molar-refractivity contribution in [1.29, 1.82) is 0 Å². The summed E-state index contributed by atoms with van der Waals surface area (Å²) >= 11 is 0. The van der Waals surface area contributed by atoms with E-state index >= 15 is 0 Å². The van der Waals surface area contributed by atoms with Crippen molar-refractivity contribution in [1.82, 2.24) is 14.5 Å². The number of hydrogen-bond acceptors (Lipinski definition) is 4. The average Bonchev–Trinajstić information content (AvgIpc) is 2.75. The Balaban J connectivity index is 1.44. The van der Waals surface area contributed by atoms with Crippen molar-refractivity contribution in [3.63, 3.8) is 0 Å². The molecule has 0 saturated carbocycles. The van der Waals surface area contributed by atoms with Gasteiger partial charge in [0.1, 0.15) is 5.75 Å². The minimum Gasteiger partial charge on any atom is -0.495 e. The predicted molar refractivity (Wildman–Crippen MR) is 108 cm³/mol. The van der Waals surface area contributed by atoms with Crippen molar-refractivity contribution in [2.75, 3.05) is 25.5 Å². The zero-order chi connectivity index (χ0) is 19.5. The molecule has 0 unspecified atom stereocenters. The highest BCUT2D eigenvalue weighted by Gasteiger charge is 2.25. The number of nitrogens with one attached hydrogen (secondary N) is 1. The molecule has 4 rings (SSSR count). The lowest BCUT2D eigenvalue weighted by Gasteiger charge is -2.32. The van der Waals surface area contributed by atoms with Gasteiger partial charge >= 0.3 is 6.03 Å². The van der Waals surface area contributed by atoms with Crippen LogP contribution in [0.15, 0.2) is 59.7 Å². The number of urea groups is 1. The number of likely N-dealkylation sites (tertiary alicyclic amines) is 1. The number of hydrogen-bond donors (Lipinski definition) is 1. The summed E-state index contributed by atoms with van der Waals surface area (Å²) in [5.74, 6) is 0.625. The Morgan fingerprint density at radius 3 is 2.61 bits per heavy atom. The second-order valence-electron chi connectivity index (χ2n) is 6.82. The Morgan fingerprint density at radius 1 is 1.11 bits per heavy atom. The lowest BCUT2D eigenvalue weighted by Crippen LogP contribution is -2.42. The van der Waals surface area contributed by atoms with Gasteiger partial charge in [-0.2, -0.15) is 0 Å². The van der Waals surface area contributed by atoms with Crippen molar-refractivity contribution < 1.29 is 9.53 Å². The molecule has 0 spiro atoms. The first-order valence-corrected chi connectivity index (χ1v) is 9.32. The molecule has 144 valence electrons. The molecule has 0 aliphatic carbocycles.